The molecule has 1 aromatic heterocycles. The van der Waals surface area contributed by atoms with E-state index in [4.69, 9.17) is 16.1 Å². The number of benzene rings is 2. The number of imide groups is 1. The largest absolute Gasteiger partial charge is 0.339 e. The predicted molar refractivity (Wildman–Crippen MR) is 105 cm³/mol. The van der Waals surface area contributed by atoms with Crippen molar-refractivity contribution in [3.63, 3.8) is 0 Å². The molecule has 3 aromatic rings. The molecule has 1 N–H and O–H groups in total. The molecular weight excluding hydrogens is 396 g/mol. The fourth-order valence-electron chi connectivity index (χ4n) is 2.96. The molecule has 4 rings (SSSR count). The second kappa shape index (κ2) is 7.48. The van der Waals surface area contributed by atoms with Crippen LogP contribution in [0.25, 0.3) is 11.4 Å². The molecule has 0 aliphatic carbocycles. The third-order valence-corrected chi connectivity index (χ3v) is 4.76. The highest BCUT2D eigenvalue weighted by atomic mass is 35.5. The Morgan fingerprint density at radius 2 is 1.83 bits per heavy atom. The smallest absolute Gasteiger partial charge is 0.261 e. The van der Waals surface area contributed by atoms with Gasteiger partial charge in [0.2, 0.25) is 17.6 Å². The molecule has 1 aliphatic heterocycles. The monoisotopic (exact) mass is 410 g/mol. The Bertz CT molecular complexity index is 1120. The number of carbonyl (C=O) groups is 3. The van der Waals surface area contributed by atoms with Crippen LogP contribution in [0.2, 0.25) is 5.02 Å². The minimum absolute atomic E-state index is 0.117. The zero-order chi connectivity index (χ0) is 20.5. The number of rotatable bonds is 5. The Morgan fingerprint density at radius 3 is 2.59 bits per heavy atom. The lowest BCUT2D eigenvalue weighted by Gasteiger charge is -2.05. The first kappa shape index (κ1) is 18.8. The third-order valence-electron chi connectivity index (χ3n) is 4.51. The normalized spacial score (nSPS) is 13.0. The molecular formula is C20H15ClN4O4. The number of amides is 3. The van der Waals surface area contributed by atoms with E-state index < -0.39 is 0 Å². The second-order valence-corrected chi connectivity index (χ2v) is 6.93. The first-order chi connectivity index (χ1) is 13.9. The Hall–Kier alpha value is -3.52. The van der Waals surface area contributed by atoms with Crippen LogP contribution >= 0.6 is 11.6 Å². The maximum Gasteiger partial charge on any atom is 0.261 e. The molecule has 0 radical (unpaired) electrons. The molecule has 3 amide bonds. The lowest BCUT2D eigenvalue weighted by atomic mass is 10.1. The highest BCUT2D eigenvalue weighted by molar-refractivity contribution is 6.30. The van der Waals surface area contributed by atoms with Crippen LogP contribution < -0.4 is 5.32 Å². The number of fused-ring (bicyclic) bond motifs is 1. The standard InChI is InChI=1S/C20H15ClN4O4/c1-25-19(27)14-7-6-13(10-15(14)20(25)28)22-16(26)8-9-17-23-18(24-29-17)11-2-4-12(21)5-3-11/h2-7,10H,8-9H2,1H3,(H,22,26). The molecule has 0 atom stereocenters. The van der Waals surface area contributed by atoms with Gasteiger partial charge in [-0.05, 0) is 42.5 Å². The van der Waals surface area contributed by atoms with Crippen molar-refractivity contribution in [2.75, 3.05) is 12.4 Å². The number of anilines is 1. The fraction of sp³-hybridized carbons (Fsp3) is 0.150. The van der Waals surface area contributed by atoms with Gasteiger partial charge >= 0.3 is 0 Å². The van der Waals surface area contributed by atoms with Crippen molar-refractivity contribution in [1.29, 1.82) is 0 Å². The highest BCUT2D eigenvalue weighted by Crippen LogP contribution is 2.25. The van der Waals surface area contributed by atoms with Crippen LogP contribution in [0, 0.1) is 0 Å². The topological polar surface area (TPSA) is 105 Å². The zero-order valence-electron chi connectivity index (χ0n) is 15.3. The van der Waals surface area contributed by atoms with Crippen LogP contribution in [-0.4, -0.2) is 39.8 Å². The summed E-state index contributed by atoms with van der Waals surface area (Å²) in [5, 5.41) is 7.23. The molecule has 0 saturated carbocycles. The van der Waals surface area contributed by atoms with Crippen LogP contribution in [-0.2, 0) is 11.2 Å². The highest BCUT2D eigenvalue weighted by Gasteiger charge is 2.32. The molecule has 2 heterocycles. The lowest BCUT2D eigenvalue weighted by Crippen LogP contribution is -2.24. The van der Waals surface area contributed by atoms with Crippen molar-refractivity contribution in [1.82, 2.24) is 15.0 Å². The summed E-state index contributed by atoms with van der Waals surface area (Å²) in [5.41, 5.74) is 1.81. The van der Waals surface area contributed by atoms with E-state index in [9.17, 15) is 14.4 Å². The number of hydrogen-bond donors (Lipinski definition) is 1. The first-order valence-corrected chi connectivity index (χ1v) is 9.15. The van der Waals surface area contributed by atoms with E-state index in [1.807, 2.05) is 0 Å². The SMILES string of the molecule is CN1C(=O)c2ccc(NC(=O)CCc3nc(-c4ccc(Cl)cc4)no3)cc2C1=O. The van der Waals surface area contributed by atoms with Crippen LogP contribution in [0.4, 0.5) is 5.69 Å². The molecule has 0 fully saturated rings. The Balaban J connectivity index is 1.37. The Morgan fingerprint density at radius 1 is 1.10 bits per heavy atom. The van der Waals surface area contributed by atoms with Crippen molar-refractivity contribution >= 4 is 35.0 Å². The fourth-order valence-corrected chi connectivity index (χ4v) is 3.08. The average molecular weight is 411 g/mol. The maximum atomic E-state index is 12.2. The van der Waals surface area contributed by atoms with Crippen LogP contribution in [0.1, 0.15) is 33.0 Å². The van der Waals surface area contributed by atoms with E-state index in [2.05, 4.69) is 15.5 Å². The number of hydrogen-bond acceptors (Lipinski definition) is 6. The minimum Gasteiger partial charge on any atom is -0.339 e. The number of nitrogens with zero attached hydrogens (tertiary/aromatic N) is 3. The summed E-state index contributed by atoms with van der Waals surface area (Å²) >= 11 is 5.86. The Labute approximate surface area is 170 Å². The van der Waals surface area contributed by atoms with E-state index in [1.54, 1.807) is 30.3 Å². The summed E-state index contributed by atoms with van der Waals surface area (Å²) < 4.78 is 5.19. The van der Waals surface area contributed by atoms with Crippen LogP contribution in [0.3, 0.4) is 0 Å². The van der Waals surface area contributed by atoms with Gasteiger partial charge in [-0.3, -0.25) is 19.3 Å². The molecule has 29 heavy (non-hydrogen) atoms. The summed E-state index contributed by atoms with van der Waals surface area (Å²) in [6.45, 7) is 0. The molecule has 146 valence electrons. The van der Waals surface area contributed by atoms with Crippen LogP contribution in [0.5, 0.6) is 0 Å². The van der Waals surface area contributed by atoms with Crippen molar-refractivity contribution in [3.8, 4) is 11.4 Å². The predicted octanol–water partition coefficient (Wildman–Crippen LogP) is 3.19. The molecule has 2 aromatic carbocycles. The van der Waals surface area contributed by atoms with E-state index in [1.165, 1.54) is 19.2 Å². The Kier molecular flexibility index (Phi) is 4.85. The summed E-state index contributed by atoms with van der Waals surface area (Å²) in [5.74, 6) is -0.261. The summed E-state index contributed by atoms with van der Waals surface area (Å²) in [7, 11) is 1.42. The van der Waals surface area contributed by atoms with Gasteiger partial charge in [-0.25, -0.2) is 0 Å². The van der Waals surface area contributed by atoms with Gasteiger partial charge < -0.3 is 9.84 Å². The first-order valence-electron chi connectivity index (χ1n) is 8.77. The minimum atomic E-state index is -0.387. The molecule has 0 bridgehead atoms. The second-order valence-electron chi connectivity index (χ2n) is 6.50. The number of aryl methyl sites for hydroxylation is 1. The van der Waals surface area contributed by atoms with Gasteiger partial charge in [0, 0.05) is 36.2 Å². The zero-order valence-corrected chi connectivity index (χ0v) is 16.1. The molecule has 9 heteroatoms. The summed E-state index contributed by atoms with van der Waals surface area (Å²) in [6.07, 6.45) is 0.379. The van der Waals surface area contributed by atoms with Gasteiger partial charge in [0.05, 0.1) is 11.1 Å². The third kappa shape index (κ3) is 3.74. The van der Waals surface area contributed by atoms with Crippen molar-refractivity contribution in [3.05, 3.63) is 64.5 Å². The van der Waals surface area contributed by atoms with Gasteiger partial charge in [0.15, 0.2) is 0 Å². The van der Waals surface area contributed by atoms with Crippen molar-refractivity contribution < 1.29 is 18.9 Å². The molecule has 8 nitrogen and oxygen atoms in total. The van der Waals surface area contributed by atoms with Gasteiger partial charge in [0.25, 0.3) is 11.8 Å². The van der Waals surface area contributed by atoms with E-state index in [0.717, 1.165) is 10.5 Å². The molecule has 0 saturated heterocycles. The van der Waals surface area contributed by atoms with E-state index >= 15 is 0 Å². The molecule has 0 unspecified atom stereocenters. The van der Waals surface area contributed by atoms with E-state index in [0.29, 0.717) is 28.0 Å². The molecule has 1 aliphatic rings. The van der Waals surface area contributed by atoms with Gasteiger partial charge in [0.1, 0.15) is 0 Å². The maximum absolute atomic E-state index is 12.2. The molecule has 0 spiro atoms. The quantitative estimate of drug-likeness (QED) is 0.647. The number of carbonyl (C=O) groups excluding carboxylic acids is 3. The lowest BCUT2D eigenvalue weighted by molar-refractivity contribution is -0.116. The average Bonchev–Trinajstić information content (AvgIpc) is 3.27. The number of halogens is 1. The number of aromatic nitrogens is 2. The summed E-state index contributed by atoms with van der Waals surface area (Å²) in [6, 6.07) is 11.6. The van der Waals surface area contributed by atoms with Gasteiger partial charge in [-0.2, -0.15) is 4.98 Å². The van der Waals surface area contributed by atoms with Crippen molar-refractivity contribution in [2.24, 2.45) is 0 Å². The van der Waals surface area contributed by atoms with Gasteiger partial charge in [-0.15, -0.1) is 0 Å². The van der Waals surface area contributed by atoms with Crippen molar-refractivity contribution in [2.45, 2.75) is 12.8 Å². The van der Waals surface area contributed by atoms with E-state index in [-0.39, 0.29) is 36.1 Å². The number of nitrogens with one attached hydrogen (secondary N) is 1. The van der Waals surface area contributed by atoms with Gasteiger partial charge in [-0.1, -0.05) is 16.8 Å². The summed E-state index contributed by atoms with van der Waals surface area (Å²) in [4.78, 5) is 41.5. The van der Waals surface area contributed by atoms with Crippen LogP contribution in [0.15, 0.2) is 47.0 Å².